The summed E-state index contributed by atoms with van der Waals surface area (Å²) in [5.41, 5.74) is 4.16. The molecule has 6 rings (SSSR count). The first-order valence-corrected chi connectivity index (χ1v) is 11.5. The Hall–Kier alpha value is -4.07. The first-order chi connectivity index (χ1) is 16.6. The molecule has 2 N–H and O–H groups in total. The second-order valence-corrected chi connectivity index (χ2v) is 8.83. The quantitative estimate of drug-likeness (QED) is 0.455. The highest BCUT2D eigenvalue weighted by atomic mass is 16.7. The van der Waals surface area contributed by atoms with E-state index in [1.165, 1.54) is 17.0 Å². The molecule has 3 heterocycles. The van der Waals surface area contributed by atoms with Gasteiger partial charge in [-0.05, 0) is 42.0 Å². The van der Waals surface area contributed by atoms with Crippen molar-refractivity contribution in [1.29, 1.82) is 0 Å². The van der Waals surface area contributed by atoms with Gasteiger partial charge >= 0.3 is 5.97 Å². The number of aromatic amines is 1. The van der Waals surface area contributed by atoms with Crippen LogP contribution < -0.4 is 15.0 Å². The summed E-state index contributed by atoms with van der Waals surface area (Å²) in [7, 11) is 0. The van der Waals surface area contributed by atoms with Gasteiger partial charge in [0.2, 0.25) is 6.79 Å². The Morgan fingerprint density at radius 3 is 2.41 bits per heavy atom. The number of nitrogens with one attached hydrogen (secondary N) is 1. The lowest BCUT2D eigenvalue weighted by Gasteiger charge is -2.23. The highest BCUT2D eigenvalue weighted by Gasteiger charge is 2.26. The number of aromatic carboxylic acids is 1. The van der Waals surface area contributed by atoms with Crippen molar-refractivity contribution < 1.29 is 19.4 Å². The molecule has 1 aliphatic heterocycles. The zero-order valence-electron chi connectivity index (χ0n) is 18.4. The van der Waals surface area contributed by atoms with Gasteiger partial charge < -0.3 is 14.6 Å². The van der Waals surface area contributed by atoms with E-state index in [1.807, 2.05) is 42.5 Å². The Labute approximate surface area is 194 Å². The normalized spacial score (nSPS) is 15.6. The maximum absolute atomic E-state index is 13.5. The van der Waals surface area contributed by atoms with Crippen LogP contribution in [0.4, 0.5) is 0 Å². The van der Waals surface area contributed by atoms with Gasteiger partial charge in [-0.2, -0.15) is 0 Å². The molecule has 1 fully saturated rings. The van der Waals surface area contributed by atoms with E-state index in [-0.39, 0.29) is 24.0 Å². The van der Waals surface area contributed by atoms with Crippen LogP contribution in [0.15, 0.2) is 53.3 Å². The van der Waals surface area contributed by atoms with E-state index in [1.54, 1.807) is 0 Å². The molecule has 172 valence electrons. The number of aromatic nitrogens is 3. The summed E-state index contributed by atoms with van der Waals surface area (Å²) in [6.45, 7) is 0.230. The van der Waals surface area contributed by atoms with Crippen LogP contribution in [0, 0.1) is 0 Å². The maximum Gasteiger partial charge on any atom is 0.353 e. The number of nitrogens with zero attached hydrogens (tertiary/aromatic N) is 2. The number of benzene rings is 2. The smallest absolute Gasteiger partial charge is 0.353 e. The molecule has 2 aromatic carbocycles. The van der Waals surface area contributed by atoms with Crippen molar-refractivity contribution in [3.63, 3.8) is 0 Å². The molecule has 2 aliphatic rings. The van der Waals surface area contributed by atoms with Gasteiger partial charge in [-0.25, -0.2) is 14.3 Å². The van der Waals surface area contributed by atoms with E-state index in [0.29, 0.717) is 16.9 Å². The van der Waals surface area contributed by atoms with Gasteiger partial charge in [0.15, 0.2) is 17.1 Å². The summed E-state index contributed by atoms with van der Waals surface area (Å²) in [5, 5.41) is 12.1. The van der Waals surface area contributed by atoms with E-state index in [4.69, 9.17) is 14.5 Å². The molecular weight excluding hydrogens is 434 g/mol. The summed E-state index contributed by atoms with van der Waals surface area (Å²) >= 11 is 0. The van der Waals surface area contributed by atoms with Crippen molar-refractivity contribution in [3.8, 4) is 33.9 Å². The largest absolute Gasteiger partial charge is 0.477 e. The third kappa shape index (κ3) is 3.42. The van der Waals surface area contributed by atoms with Gasteiger partial charge in [0, 0.05) is 17.2 Å². The fraction of sp³-hybridized carbons (Fsp3) is 0.269. The SMILES string of the molecule is O=C(O)c1cc2nc(-c3ccc(-c4ccc5c(c4)OCO5)cc3)c(C3CCCCC3)c(=O)n2[nH]1. The molecule has 2 aromatic heterocycles. The molecule has 1 aliphatic carbocycles. The third-order valence-electron chi connectivity index (χ3n) is 6.76. The summed E-state index contributed by atoms with van der Waals surface area (Å²) in [5.74, 6) is 0.440. The number of H-pyrrole nitrogens is 1. The first-order valence-electron chi connectivity index (χ1n) is 11.5. The van der Waals surface area contributed by atoms with Crippen LogP contribution >= 0.6 is 0 Å². The van der Waals surface area contributed by atoms with Crippen LogP contribution in [0.3, 0.4) is 0 Å². The summed E-state index contributed by atoms with van der Waals surface area (Å²) in [4.78, 5) is 29.8. The Morgan fingerprint density at radius 2 is 1.65 bits per heavy atom. The minimum atomic E-state index is -1.13. The molecule has 1 saturated carbocycles. The fourth-order valence-electron chi connectivity index (χ4n) is 5.02. The van der Waals surface area contributed by atoms with Crippen molar-refractivity contribution in [2.24, 2.45) is 0 Å². The van der Waals surface area contributed by atoms with Crippen molar-refractivity contribution >= 4 is 11.6 Å². The predicted molar refractivity (Wildman–Crippen MR) is 126 cm³/mol. The lowest BCUT2D eigenvalue weighted by Crippen LogP contribution is -2.25. The minimum Gasteiger partial charge on any atom is -0.477 e. The molecule has 8 nitrogen and oxygen atoms in total. The average Bonchev–Trinajstić information content (AvgIpc) is 3.51. The monoisotopic (exact) mass is 457 g/mol. The van der Waals surface area contributed by atoms with Crippen molar-refractivity contribution in [1.82, 2.24) is 14.6 Å². The van der Waals surface area contributed by atoms with Crippen LogP contribution in [0.25, 0.3) is 28.0 Å². The second kappa shape index (κ2) is 8.06. The van der Waals surface area contributed by atoms with Crippen molar-refractivity contribution in [2.75, 3.05) is 6.79 Å². The third-order valence-corrected chi connectivity index (χ3v) is 6.76. The molecule has 0 bridgehead atoms. The standard InChI is InChI=1S/C26H23N3O5/c30-25-23(16-4-2-1-3-5-16)24(27-22-13-19(26(31)32)28-29(22)25)17-8-6-15(7-9-17)18-10-11-20-21(12-18)34-14-33-20/h6-13,16,28H,1-5,14H2,(H,31,32). The zero-order valence-corrected chi connectivity index (χ0v) is 18.4. The molecule has 34 heavy (non-hydrogen) atoms. The molecule has 0 saturated heterocycles. The van der Waals surface area contributed by atoms with E-state index < -0.39 is 5.97 Å². The lowest BCUT2D eigenvalue weighted by atomic mass is 9.82. The van der Waals surface area contributed by atoms with E-state index >= 15 is 0 Å². The zero-order chi connectivity index (χ0) is 23.2. The van der Waals surface area contributed by atoms with Crippen LogP contribution in [-0.2, 0) is 0 Å². The Balaban J connectivity index is 1.46. The number of hydrogen-bond donors (Lipinski definition) is 2. The number of hydrogen-bond acceptors (Lipinski definition) is 5. The Morgan fingerprint density at radius 1 is 0.941 bits per heavy atom. The maximum atomic E-state index is 13.5. The molecular formula is C26H23N3O5. The highest BCUT2D eigenvalue weighted by Crippen LogP contribution is 2.38. The number of rotatable bonds is 4. The topological polar surface area (TPSA) is 106 Å². The minimum absolute atomic E-state index is 0.0606. The number of carboxylic acid groups (broad SMARTS) is 1. The van der Waals surface area contributed by atoms with E-state index in [2.05, 4.69) is 5.10 Å². The van der Waals surface area contributed by atoms with Gasteiger partial charge in [0.05, 0.1) is 5.69 Å². The van der Waals surface area contributed by atoms with E-state index in [9.17, 15) is 14.7 Å². The van der Waals surface area contributed by atoms with Crippen LogP contribution in [-0.4, -0.2) is 32.5 Å². The molecule has 0 radical (unpaired) electrons. The number of fused-ring (bicyclic) bond motifs is 2. The van der Waals surface area contributed by atoms with Gasteiger partial charge in [-0.3, -0.25) is 9.89 Å². The number of carbonyl (C=O) groups is 1. The number of ether oxygens (including phenoxy) is 2. The van der Waals surface area contributed by atoms with Crippen LogP contribution in [0.2, 0.25) is 0 Å². The van der Waals surface area contributed by atoms with Crippen LogP contribution in [0.5, 0.6) is 11.5 Å². The second-order valence-electron chi connectivity index (χ2n) is 8.83. The summed E-state index contributed by atoms with van der Waals surface area (Å²) < 4.78 is 12.2. The van der Waals surface area contributed by atoms with Crippen molar-refractivity contribution in [2.45, 2.75) is 38.0 Å². The van der Waals surface area contributed by atoms with Gasteiger partial charge in [-0.1, -0.05) is 49.6 Å². The molecule has 0 atom stereocenters. The summed E-state index contributed by atoms with van der Waals surface area (Å²) in [6.07, 6.45) is 5.16. The van der Waals surface area contributed by atoms with Gasteiger partial charge in [0.25, 0.3) is 5.56 Å². The average molecular weight is 457 g/mol. The Kier molecular flexibility index (Phi) is 4.86. The van der Waals surface area contributed by atoms with E-state index in [0.717, 1.165) is 53.9 Å². The van der Waals surface area contributed by atoms with Gasteiger partial charge in [-0.15, -0.1) is 0 Å². The Bertz CT molecular complexity index is 1460. The lowest BCUT2D eigenvalue weighted by molar-refractivity contribution is 0.0690. The summed E-state index contributed by atoms with van der Waals surface area (Å²) in [6, 6.07) is 15.2. The fourth-order valence-corrected chi connectivity index (χ4v) is 5.02. The molecule has 4 aromatic rings. The predicted octanol–water partition coefficient (Wildman–Crippen LogP) is 4.83. The molecule has 0 spiro atoms. The highest BCUT2D eigenvalue weighted by molar-refractivity contribution is 5.86. The number of carboxylic acids is 1. The molecule has 0 unspecified atom stereocenters. The van der Waals surface area contributed by atoms with Gasteiger partial charge in [0.1, 0.15) is 5.69 Å². The van der Waals surface area contributed by atoms with Crippen molar-refractivity contribution in [3.05, 3.63) is 70.1 Å². The molecule has 0 amide bonds. The van der Waals surface area contributed by atoms with Crippen LogP contribution in [0.1, 0.15) is 54.1 Å². The molecule has 8 heteroatoms. The first kappa shape index (κ1) is 20.5.